The number of rotatable bonds is 6. The molecule has 2 bridgehead atoms. The number of thiophene rings is 1. The summed E-state index contributed by atoms with van der Waals surface area (Å²) in [5, 5.41) is 5.02. The van der Waals surface area contributed by atoms with Gasteiger partial charge < -0.3 is 10.1 Å². The summed E-state index contributed by atoms with van der Waals surface area (Å²) in [7, 11) is 0. The highest BCUT2D eigenvalue weighted by atomic mass is 32.1. The van der Waals surface area contributed by atoms with E-state index in [1.807, 2.05) is 31.3 Å². The van der Waals surface area contributed by atoms with Gasteiger partial charge in [0.15, 0.2) is 0 Å². The van der Waals surface area contributed by atoms with Gasteiger partial charge in [-0.15, -0.1) is 11.3 Å². The third kappa shape index (κ3) is 3.92. The Morgan fingerprint density at radius 3 is 2.82 bits per heavy atom. The average molecular weight is 463 g/mol. The lowest BCUT2D eigenvalue weighted by Gasteiger charge is -2.53. The highest BCUT2D eigenvalue weighted by molar-refractivity contribution is 7.18. The monoisotopic (exact) mass is 462 g/mol. The number of hydrogen-bond acceptors (Lipinski definition) is 6. The molecule has 5 nitrogen and oxygen atoms in total. The van der Waals surface area contributed by atoms with Crippen molar-refractivity contribution in [1.82, 2.24) is 20.3 Å². The van der Waals surface area contributed by atoms with Crippen LogP contribution in [-0.4, -0.2) is 32.7 Å². The summed E-state index contributed by atoms with van der Waals surface area (Å²) in [6, 6.07) is 10.2. The lowest BCUT2D eigenvalue weighted by molar-refractivity contribution is -0.165. The minimum atomic E-state index is -0.266. The van der Waals surface area contributed by atoms with Gasteiger partial charge in [-0.05, 0) is 69.7 Å². The fourth-order valence-corrected chi connectivity index (χ4v) is 6.32. The van der Waals surface area contributed by atoms with Crippen LogP contribution >= 0.6 is 11.3 Å². The fraction of sp³-hybridized carbons (Fsp3) is 0.423. The number of fused-ring (bicyclic) bond motifs is 5. The van der Waals surface area contributed by atoms with Crippen molar-refractivity contribution in [1.29, 1.82) is 0 Å². The Morgan fingerprint density at radius 1 is 1.15 bits per heavy atom. The maximum absolute atomic E-state index is 14.7. The number of hydrogen-bond donors (Lipinski definition) is 1. The van der Waals surface area contributed by atoms with Crippen molar-refractivity contribution in [3.8, 4) is 0 Å². The lowest BCUT2D eigenvalue weighted by Crippen LogP contribution is -2.61. The van der Waals surface area contributed by atoms with Crippen LogP contribution < -0.4 is 5.32 Å². The van der Waals surface area contributed by atoms with Crippen LogP contribution in [-0.2, 0) is 17.7 Å². The highest BCUT2D eigenvalue weighted by Crippen LogP contribution is 2.46. The molecule has 1 N–H and O–H groups in total. The standard InChI is InChI=1S/C26H27FN4OS/c1-17-4-5-22-23(31-17)20(21(27)15-29-22)6-7-26-10-8-25(9-11-26,16-32-26)30-14-19-13-18-3-2-12-28-24(18)33-19/h2-5,12-13,15,30H,6-11,14,16H2,1H3. The smallest absolute Gasteiger partial charge is 0.146 e. The summed E-state index contributed by atoms with van der Waals surface area (Å²) < 4.78 is 21.2. The molecule has 7 heteroatoms. The normalized spacial score (nSPS) is 24.7. The number of ether oxygens (including phenoxy) is 1. The number of halogens is 1. The minimum Gasteiger partial charge on any atom is -0.373 e. The topological polar surface area (TPSA) is 59.9 Å². The van der Waals surface area contributed by atoms with Gasteiger partial charge in [-0.25, -0.2) is 9.37 Å². The van der Waals surface area contributed by atoms with E-state index < -0.39 is 0 Å². The molecule has 3 aliphatic rings. The van der Waals surface area contributed by atoms with Crippen LogP contribution in [0.2, 0.25) is 0 Å². The Morgan fingerprint density at radius 2 is 2.03 bits per heavy atom. The van der Waals surface area contributed by atoms with Crippen LogP contribution in [0.15, 0.2) is 42.7 Å². The van der Waals surface area contributed by atoms with Gasteiger partial charge >= 0.3 is 0 Å². The van der Waals surface area contributed by atoms with Gasteiger partial charge in [0.1, 0.15) is 10.6 Å². The van der Waals surface area contributed by atoms with Gasteiger partial charge in [0.05, 0.1) is 29.4 Å². The van der Waals surface area contributed by atoms with Gasteiger partial charge in [-0.1, -0.05) is 6.07 Å². The lowest BCUT2D eigenvalue weighted by atomic mass is 9.69. The van der Waals surface area contributed by atoms with Crippen LogP contribution in [0.5, 0.6) is 0 Å². The molecule has 0 spiro atoms. The molecule has 1 saturated carbocycles. The zero-order valence-electron chi connectivity index (χ0n) is 18.7. The first-order valence-electron chi connectivity index (χ1n) is 11.7. The van der Waals surface area contributed by atoms with E-state index in [4.69, 9.17) is 4.74 Å². The molecule has 0 atom stereocenters. The van der Waals surface area contributed by atoms with E-state index in [2.05, 4.69) is 32.4 Å². The first-order chi connectivity index (χ1) is 16.0. The largest absolute Gasteiger partial charge is 0.373 e. The Kier molecular flexibility index (Phi) is 5.16. The fourth-order valence-electron chi connectivity index (χ4n) is 5.38. The number of aromatic nitrogens is 3. The van der Waals surface area contributed by atoms with Crippen molar-refractivity contribution in [2.24, 2.45) is 0 Å². The zero-order valence-corrected chi connectivity index (χ0v) is 19.6. The molecule has 0 unspecified atom stereocenters. The molecule has 33 heavy (non-hydrogen) atoms. The van der Waals surface area contributed by atoms with Crippen LogP contribution in [0.4, 0.5) is 4.39 Å². The van der Waals surface area contributed by atoms with E-state index in [9.17, 15) is 4.39 Å². The molecule has 0 amide bonds. The Balaban J connectivity index is 1.12. The summed E-state index contributed by atoms with van der Waals surface area (Å²) in [6.07, 6.45) is 8.80. The molecule has 4 aromatic heterocycles. The van der Waals surface area contributed by atoms with Crippen LogP contribution in [0, 0.1) is 12.7 Å². The summed E-state index contributed by atoms with van der Waals surface area (Å²) in [6.45, 7) is 3.49. The van der Waals surface area contributed by atoms with Crippen molar-refractivity contribution >= 4 is 32.6 Å². The van der Waals surface area contributed by atoms with E-state index in [-0.39, 0.29) is 17.0 Å². The van der Waals surface area contributed by atoms with Crippen molar-refractivity contribution in [2.75, 3.05) is 6.61 Å². The predicted molar refractivity (Wildman–Crippen MR) is 129 cm³/mol. The minimum absolute atomic E-state index is 0.0403. The van der Waals surface area contributed by atoms with Crippen molar-refractivity contribution in [3.05, 3.63) is 64.7 Å². The third-order valence-corrected chi connectivity index (χ3v) is 8.55. The molecule has 2 saturated heterocycles. The molecule has 0 aromatic carbocycles. The van der Waals surface area contributed by atoms with Crippen LogP contribution in [0.25, 0.3) is 21.3 Å². The molecule has 6 heterocycles. The van der Waals surface area contributed by atoms with E-state index in [0.717, 1.165) is 54.7 Å². The second kappa shape index (κ2) is 8.08. The van der Waals surface area contributed by atoms with Gasteiger partial charge in [-0.2, -0.15) is 0 Å². The molecule has 2 aliphatic heterocycles. The first-order valence-corrected chi connectivity index (χ1v) is 12.5. The van der Waals surface area contributed by atoms with Gasteiger partial charge in [0.2, 0.25) is 0 Å². The Bertz CT molecular complexity index is 1270. The highest BCUT2D eigenvalue weighted by Gasteiger charge is 2.49. The number of nitrogens with one attached hydrogen (secondary N) is 1. The summed E-state index contributed by atoms with van der Waals surface area (Å²) >= 11 is 1.76. The van der Waals surface area contributed by atoms with Crippen molar-refractivity contribution in [3.63, 3.8) is 0 Å². The molecule has 7 rings (SSSR count). The summed E-state index contributed by atoms with van der Waals surface area (Å²) in [5.74, 6) is -0.266. The Labute approximate surface area is 196 Å². The molecular formula is C26H27FN4OS. The van der Waals surface area contributed by atoms with Crippen LogP contribution in [0.3, 0.4) is 0 Å². The molecule has 0 radical (unpaired) electrons. The van der Waals surface area contributed by atoms with Crippen LogP contribution in [0.1, 0.15) is 48.2 Å². The number of aryl methyl sites for hydroxylation is 2. The third-order valence-electron chi connectivity index (χ3n) is 7.49. The average Bonchev–Trinajstić information content (AvgIpc) is 3.27. The SMILES string of the molecule is Cc1ccc2ncc(F)c(CCC34CCC(NCc5cc6cccnc6s5)(CC3)CO4)c2n1. The van der Waals surface area contributed by atoms with Crippen molar-refractivity contribution in [2.45, 2.75) is 63.1 Å². The second-order valence-corrected chi connectivity index (χ2v) is 10.7. The van der Waals surface area contributed by atoms with Gasteiger partial charge in [-0.3, -0.25) is 9.97 Å². The number of pyridine rings is 3. The first kappa shape index (κ1) is 21.1. The summed E-state index contributed by atoms with van der Waals surface area (Å²) in [5.41, 5.74) is 2.87. The maximum atomic E-state index is 14.7. The van der Waals surface area contributed by atoms with E-state index in [1.54, 1.807) is 11.3 Å². The van der Waals surface area contributed by atoms with Gasteiger partial charge in [0, 0.05) is 39.8 Å². The van der Waals surface area contributed by atoms with Gasteiger partial charge in [0.25, 0.3) is 0 Å². The maximum Gasteiger partial charge on any atom is 0.146 e. The second-order valence-electron chi connectivity index (χ2n) is 9.62. The molecule has 170 valence electrons. The number of nitrogens with zero attached hydrogens (tertiary/aromatic N) is 3. The van der Waals surface area contributed by atoms with Crippen molar-refractivity contribution < 1.29 is 9.13 Å². The molecule has 4 aromatic rings. The van der Waals surface area contributed by atoms with E-state index in [0.29, 0.717) is 24.1 Å². The quantitative estimate of drug-likeness (QED) is 0.411. The summed E-state index contributed by atoms with van der Waals surface area (Å²) in [4.78, 5) is 15.7. The molecule has 1 aliphatic carbocycles. The Hall–Kier alpha value is -2.48. The predicted octanol–water partition coefficient (Wildman–Crippen LogP) is 5.49. The molecular weight excluding hydrogens is 435 g/mol. The van der Waals surface area contributed by atoms with E-state index >= 15 is 0 Å². The zero-order chi connectivity index (χ0) is 22.5. The van der Waals surface area contributed by atoms with E-state index in [1.165, 1.54) is 16.5 Å². The molecule has 3 fully saturated rings.